The van der Waals surface area contributed by atoms with Gasteiger partial charge in [-0.15, -0.1) is 0 Å². The highest BCUT2D eigenvalue weighted by atomic mass is 32.2. The number of fused-ring (bicyclic) bond motifs is 2. The lowest BCUT2D eigenvalue weighted by Gasteiger charge is -2.50. The first-order valence-corrected chi connectivity index (χ1v) is 10.5. The van der Waals surface area contributed by atoms with Crippen molar-refractivity contribution in [3.05, 3.63) is 12.4 Å². The van der Waals surface area contributed by atoms with Gasteiger partial charge in [0.05, 0.1) is 25.3 Å². The van der Waals surface area contributed by atoms with Crippen molar-refractivity contribution in [2.75, 3.05) is 32.7 Å². The van der Waals surface area contributed by atoms with Crippen LogP contribution in [0.2, 0.25) is 0 Å². The van der Waals surface area contributed by atoms with Crippen molar-refractivity contribution in [3.63, 3.8) is 0 Å². The van der Waals surface area contributed by atoms with Crippen LogP contribution >= 0.6 is 0 Å². The Bertz CT molecular complexity index is 917. The molecular weight excluding hydrogens is 374 g/mol. The molecule has 4 aliphatic rings. The molecule has 1 unspecified atom stereocenters. The van der Waals surface area contributed by atoms with E-state index in [2.05, 4.69) is 5.10 Å². The van der Waals surface area contributed by atoms with Crippen molar-refractivity contribution in [1.82, 2.24) is 23.9 Å². The molecule has 0 N–H and O–H groups in total. The predicted molar refractivity (Wildman–Crippen MR) is 91.0 cm³/mol. The van der Waals surface area contributed by atoms with Gasteiger partial charge in [-0.2, -0.15) is 9.40 Å². The molecule has 1 aromatic rings. The average molecular weight is 395 g/mol. The number of aryl methyl sites for hydroxylation is 1. The second kappa shape index (κ2) is 5.44. The Morgan fingerprint density at radius 1 is 1.30 bits per heavy atom. The molecule has 4 heterocycles. The highest BCUT2D eigenvalue weighted by Gasteiger charge is 2.63. The van der Waals surface area contributed by atoms with E-state index in [1.807, 2.05) is 0 Å². The lowest BCUT2D eigenvalue weighted by atomic mass is 9.84. The summed E-state index contributed by atoms with van der Waals surface area (Å²) in [7, 11) is -2.03. The lowest BCUT2D eigenvalue weighted by molar-refractivity contribution is -0.156. The van der Waals surface area contributed by atoms with Crippen LogP contribution in [0, 0.1) is 5.92 Å². The van der Waals surface area contributed by atoms with Crippen LogP contribution in [0.5, 0.6) is 0 Å². The number of hydrogen-bond donors (Lipinski definition) is 0. The Morgan fingerprint density at radius 3 is 2.67 bits per heavy atom. The minimum absolute atomic E-state index is 0.115. The van der Waals surface area contributed by atoms with Crippen molar-refractivity contribution in [2.45, 2.75) is 29.4 Å². The maximum atomic E-state index is 12.9. The Balaban J connectivity index is 1.36. The average Bonchev–Trinajstić information content (AvgIpc) is 3.29. The van der Waals surface area contributed by atoms with E-state index in [4.69, 9.17) is 4.74 Å². The van der Waals surface area contributed by atoms with Crippen molar-refractivity contribution in [2.24, 2.45) is 13.0 Å². The Morgan fingerprint density at radius 2 is 2.04 bits per heavy atom. The van der Waals surface area contributed by atoms with Gasteiger partial charge in [0, 0.05) is 38.8 Å². The number of amides is 2. The molecule has 146 valence electrons. The van der Waals surface area contributed by atoms with Crippen LogP contribution in [0.3, 0.4) is 0 Å². The van der Waals surface area contributed by atoms with Crippen LogP contribution in [0.15, 0.2) is 17.3 Å². The highest BCUT2D eigenvalue weighted by Crippen LogP contribution is 2.42. The molecule has 4 fully saturated rings. The smallest absolute Gasteiger partial charge is 0.411 e. The van der Waals surface area contributed by atoms with Crippen LogP contribution in [0.1, 0.15) is 12.8 Å². The molecule has 0 bridgehead atoms. The Labute approximate surface area is 156 Å². The van der Waals surface area contributed by atoms with E-state index < -0.39 is 21.7 Å². The van der Waals surface area contributed by atoms with Crippen LogP contribution in [0.4, 0.5) is 4.79 Å². The number of piperazine rings is 1. The summed E-state index contributed by atoms with van der Waals surface area (Å²) in [5.41, 5.74) is -0.801. The molecule has 5 rings (SSSR count). The van der Waals surface area contributed by atoms with Gasteiger partial charge in [0.25, 0.3) is 0 Å². The summed E-state index contributed by atoms with van der Waals surface area (Å²) in [4.78, 5) is 28.0. The summed E-state index contributed by atoms with van der Waals surface area (Å²) < 4.78 is 34.3. The molecule has 1 saturated carbocycles. The summed E-state index contributed by atoms with van der Waals surface area (Å²) in [6.45, 7) is 1.34. The molecule has 27 heavy (non-hydrogen) atoms. The number of aromatic nitrogens is 2. The van der Waals surface area contributed by atoms with Gasteiger partial charge in [0.15, 0.2) is 5.60 Å². The van der Waals surface area contributed by atoms with E-state index >= 15 is 0 Å². The molecule has 0 aromatic carbocycles. The molecule has 3 aliphatic heterocycles. The number of rotatable bonds is 3. The summed E-state index contributed by atoms with van der Waals surface area (Å²) in [6.07, 6.45) is 4.22. The minimum Gasteiger partial charge on any atom is -0.437 e. The zero-order valence-corrected chi connectivity index (χ0v) is 15.8. The standard InChI is InChI=1S/C16H21N5O5S/c1-18-7-12(6-17-18)27(24,25)20-4-5-21-13(8-20)16(26-15(21)23)9-19(10-16)14(22)11-2-3-11/h6-7,11,13H,2-5,8-10H2,1H3. The first-order chi connectivity index (χ1) is 12.8. The van der Waals surface area contributed by atoms with Gasteiger partial charge in [0.2, 0.25) is 15.9 Å². The summed E-state index contributed by atoms with van der Waals surface area (Å²) in [5, 5.41) is 3.94. The molecule has 1 spiro atoms. The Hall–Kier alpha value is -2.14. The van der Waals surface area contributed by atoms with E-state index in [-0.39, 0.29) is 42.4 Å². The second-order valence-corrected chi connectivity index (χ2v) is 9.76. The third kappa shape index (κ3) is 2.48. The lowest BCUT2D eigenvalue weighted by Crippen LogP contribution is -2.72. The van der Waals surface area contributed by atoms with Crippen LogP contribution < -0.4 is 0 Å². The quantitative estimate of drug-likeness (QED) is 0.666. The summed E-state index contributed by atoms with van der Waals surface area (Å²) in [5.74, 6) is 0.232. The molecule has 3 saturated heterocycles. The first-order valence-electron chi connectivity index (χ1n) is 9.07. The fourth-order valence-electron chi connectivity index (χ4n) is 4.25. The van der Waals surface area contributed by atoms with Gasteiger partial charge in [-0.1, -0.05) is 0 Å². The fourth-order valence-corrected chi connectivity index (χ4v) is 5.67. The predicted octanol–water partition coefficient (Wildman–Crippen LogP) is -0.764. The largest absolute Gasteiger partial charge is 0.437 e. The molecule has 2 amide bonds. The molecule has 11 heteroatoms. The SMILES string of the molecule is Cn1cc(S(=O)(=O)N2CCN3C(=O)OC4(CN(C(=O)C5CC5)C4)C3C2)cn1. The number of carbonyl (C=O) groups is 2. The van der Waals surface area contributed by atoms with Gasteiger partial charge in [-0.3, -0.25) is 14.4 Å². The van der Waals surface area contributed by atoms with Gasteiger partial charge < -0.3 is 9.64 Å². The zero-order chi connectivity index (χ0) is 19.0. The fraction of sp³-hybridized carbons (Fsp3) is 0.688. The Kier molecular flexibility index (Phi) is 3.43. The number of likely N-dealkylation sites (tertiary alicyclic amines) is 1. The first kappa shape index (κ1) is 17.0. The van der Waals surface area contributed by atoms with Crippen molar-refractivity contribution >= 4 is 22.0 Å². The van der Waals surface area contributed by atoms with Crippen molar-refractivity contribution < 1.29 is 22.7 Å². The van der Waals surface area contributed by atoms with Gasteiger partial charge >= 0.3 is 6.09 Å². The van der Waals surface area contributed by atoms with E-state index in [0.29, 0.717) is 13.1 Å². The maximum Gasteiger partial charge on any atom is 0.411 e. The monoisotopic (exact) mass is 395 g/mol. The van der Waals surface area contributed by atoms with E-state index in [1.54, 1.807) is 16.8 Å². The van der Waals surface area contributed by atoms with Gasteiger partial charge in [0.1, 0.15) is 4.90 Å². The normalized spacial score (nSPS) is 27.4. The summed E-state index contributed by atoms with van der Waals surface area (Å²) in [6, 6.07) is -0.381. The van der Waals surface area contributed by atoms with Crippen molar-refractivity contribution in [1.29, 1.82) is 0 Å². The van der Waals surface area contributed by atoms with E-state index in [0.717, 1.165) is 12.8 Å². The van der Waals surface area contributed by atoms with Crippen LogP contribution in [0.25, 0.3) is 0 Å². The van der Waals surface area contributed by atoms with E-state index in [9.17, 15) is 18.0 Å². The van der Waals surface area contributed by atoms with Crippen molar-refractivity contribution in [3.8, 4) is 0 Å². The zero-order valence-electron chi connectivity index (χ0n) is 14.9. The molecular formula is C16H21N5O5S. The molecule has 1 aromatic heterocycles. The third-order valence-electron chi connectivity index (χ3n) is 5.95. The summed E-state index contributed by atoms with van der Waals surface area (Å²) >= 11 is 0. The number of carbonyl (C=O) groups excluding carboxylic acids is 2. The molecule has 1 aliphatic carbocycles. The number of ether oxygens (including phenoxy) is 1. The number of hydrogen-bond acceptors (Lipinski definition) is 6. The van der Waals surface area contributed by atoms with Gasteiger partial charge in [-0.05, 0) is 12.8 Å². The van der Waals surface area contributed by atoms with Crippen LogP contribution in [-0.4, -0.2) is 88.7 Å². The topological polar surface area (TPSA) is 105 Å². The van der Waals surface area contributed by atoms with E-state index in [1.165, 1.54) is 21.4 Å². The highest BCUT2D eigenvalue weighted by molar-refractivity contribution is 7.89. The third-order valence-corrected chi connectivity index (χ3v) is 7.77. The molecule has 1 atom stereocenters. The van der Waals surface area contributed by atoms with Crippen LogP contribution in [-0.2, 0) is 26.6 Å². The van der Waals surface area contributed by atoms with Gasteiger partial charge in [-0.25, -0.2) is 13.2 Å². The number of nitrogens with zero attached hydrogens (tertiary/aromatic N) is 5. The molecule has 10 nitrogen and oxygen atoms in total. The second-order valence-electron chi connectivity index (χ2n) is 7.82. The molecule has 0 radical (unpaired) electrons. The number of sulfonamides is 1. The maximum absolute atomic E-state index is 12.9. The minimum atomic E-state index is -3.69.